The number of nitrogens with two attached hydrogens (primary N) is 1. The van der Waals surface area contributed by atoms with E-state index in [-0.39, 0.29) is 5.91 Å². The highest BCUT2D eigenvalue weighted by Crippen LogP contribution is 2.28. The van der Waals surface area contributed by atoms with E-state index in [1.807, 2.05) is 0 Å². The zero-order valence-corrected chi connectivity index (χ0v) is 13.9. The molecule has 1 saturated heterocycles. The fraction of sp³-hybridized carbons (Fsp3) is 0.714. The quantitative estimate of drug-likeness (QED) is 0.830. The lowest BCUT2D eigenvalue weighted by molar-refractivity contribution is 0.0948. The molecule has 1 atom stereocenters. The van der Waals surface area contributed by atoms with E-state index in [1.54, 1.807) is 0 Å². The molecule has 1 fully saturated rings. The van der Waals surface area contributed by atoms with Crippen LogP contribution in [0.2, 0.25) is 0 Å². The third-order valence-corrected chi connectivity index (χ3v) is 5.18. The zero-order valence-electron chi connectivity index (χ0n) is 13.1. The standard InChI is InChI=1S/C14H25N5OS/c1-4-19(5-2)14-17-12(15)11(21-14)13(20)16-9-10-7-6-8-18(10)3/h10H,4-9,15H2,1-3H3,(H,16,20). The van der Waals surface area contributed by atoms with E-state index in [0.717, 1.165) is 31.2 Å². The number of nitrogen functional groups attached to an aromatic ring is 1. The summed E-state index contributed by atoms with van der Waals surface area (Å²) in [7, 11) is 2.10. The van der Waals surface area contributed by atoms with Gasteiger partial charge in [0, 0.05) is 25.7 Å². The van der Waals surface area contributed by atoms with Crippen LogP contribution in [0.15, 0.2) is 0 Å². The molecule has 0 spiro atoms. The van der Waals surface area contributed by atoms with Crippen LogP contribution in [0.3, 0.4) is 0 Å². The van der Waals surface area contributed by atoms with Crippen molar-refractivity contribution in [3.05, 3.63) is 4.88 Å². The largest absolute Gasteiger partial charge is 0.382 e. The van der Waals surface area contributed by atoms with E-state index >= 15 is 0 Å². The van der Waals surface area contributed by atoms with E-state index in [0.29, 0.717) is 23.3 Å². The maximum atomic E-state index is 12.3. The number of carbonyl (C=O) groups excluding carboxylic acids is 1. The Labute approximate surface area is 130 Å². The van der Waals surface area contributed by atoms with Crippen molar-refractivity contribution in [1.82, 2.24) is 15.2 Å². The molecule has 0 aromatic carbocycles. The Morgan fingerprint density at radius 3 is 2.81 bits per heavy atom. The predicted molar refractivity (Wildman–Crippen MR) is 88.1 cm³/mol. The van der Waals surface area contributed by atoms with Crippen molar-refractivity contribution in [2.24, 2.45) is 0 Å². The number of thiazole rings is 1. The molecule has 0 bridgehead atoms. The maximum absolute atomic E-state index is 12.3. The van der Waals surface area contributed by atoms with Gasteiger partial charge in [0.25, 0.3) is 5.91 Å². The highest BCUT2D eigenvalue weighted by Gasteiger charge is 2.23. The van der Waals surface area contributed by atoms with Crippen LogP contribution in [-0.2, 0) is 0 Å². The van der Waals surface area contributed by atoms with E-state index in [2.05, 4.69) is 41.0 Å². The number of carbonyl (C=O) groups is 1. The molecule has 2 rings (SSSR count). The van der Waals surface area contributed by atoms with Crippen LogP contribution < -0.4 is 16.0 Å². The second-order valence-corrected chi connectivity index (χ2v) is 6.35. The number of rotatable bonds is 6. The molecule has 0 radical (unpaired) electrons. The number of amides is 1. The summed E-state index contributed by atoms with van der Waals surface area (Å²) in [5, 5.41) is 3.81. The van der Waals surface area contributed by atoms with Crippen LogP contribution in [0.5, 0.6) is 0 Å². The molecule has 1 aromatic heterocycles. The van der Waals surface area contributed by atoms with Crippen molar-refractivity contribution in [2.45, 2.75) is 32.7 Å². The minimum absolute atomic E-state index is 0.108. The van der Waals surface area contributed by atoms with Gasteiger partial charge < -0.3 is 20.9 Å². The van der Waals surface area contributed by atoms with Gasteiger partial charge in [0.1, 0.15) is 10.7 Å². The first-order valence-electron chi connectivity index (χ1n) is 7.56. The Bertz CT molecular complexity index is 486. The summed E-state index contributed by atoms with van der Waals surface area (Å²) in [5.41, 5.74) is 5.90. The van der Waals surface area contributed by atoms with Crippen LogP contribution >= 0.6 is 11.3 Å². The van der Waals surface area contributed by atoms with Gasteiger partial charge in [-0.25, -0.2) is 4.98 Å². The van der Waals surface area contributed by atoms with E-state index < -0.39 is 0 Å². The Morgan fingerprint density at radius 1 is 1.52 bits per heavy atom. The van der Waals surface area contributed by atoms with Crippen molar-refractivity contribution >= 4 is 28.2 Å². The Morgan fingerprint density at radius 2 is 2.24 bits per heavy atom. The van der Waals surface area contributed by atoms with Crippen LogP contribution in [0, 0.1) is 0 Å². The first-order chi connectivity index (χ1) is 10.1. The molecule has 3 N–H and O–H groups in total. The molecule has 1 amide bonds. The second kappa shape index (κ2) is 7.09. The van der Waals surface area contributed by atoms with E-state index in [4.69, 9.17) is 5.73 Å². The molecule has 21 heavy (non-hydrogen) atoms. The zero-order chi connectivity index (χ0) is 15.4. The number of hydrogen-bond acceptors (Lipinski definition) is 6. The summed E-state index contributed by atoms with van der Waals surface area (Å²) >= 11 is 1.37. The Hall–Kier alpha value is -1.34. The number of nitrogens with zero attached hydrogens (tertiary/aromatic N) is 3. The highest BCUT2D eigenvalue weighted by molar-refractivity contribution is 7.18. The number of likely N-dealkylation sites (tertiary alicyclic amines) is 1. The highest BCUT2D eigenvalue weighted by atomic mass is 32.1. The van der Waals surface area contributed by atoms with Gasteiger partial charge >= 0.3 is 0 Å². The number of anilines is 2. The summed E-state index contributed by atoms with van der Waals surface area (Å²) in [6.07, 6.45) is 2.34. The van der Waals surface area contributed by atoms with Crippen LogP contribution in [-0.4, -0.2) is 55.1 Å². The molecule has 1 aliphatic rings. The van der Waals surface area contributed by atoms with Gasteiger partial charge in [0.05, 0.1) is 0 Å². The van der Waals surface area contributed by atoms with Crippen molar-refractivity contribution in [2.75, 3.05) is 43.9 Å². The topological polar surface area (TPSA) is 74.5 Å². The second-order valence-electron chi connectivity index (χ2n) is 5.37. The fourth-order valence-electron chi connectivity index (χ4n) is 2.64. The fourth-order valence-corrected chi connectivity index (χ4v) is 3.67. The average molecular weight is 311 g/mol. The molecule has 7 heteroatoms. The van der Waals surface area contributed by atoms with E-state index in [1.165, 1.54) is 17.8 Å². The number of aromatic nitrogens is 1. The van der Waals surface area contributed by atoms with Crippen molar-refractivity contribution in [3.8, 4) is 0 Å². The van der Waals surface area contributed by atoms with Crippen molar-refractivity contribution in [1.29, 1.82) is 0 Å². The molecule has 1 unspecified atom stereocenters. The number of hydrogen-bond donors (Lipinski definition) is 2. The van der Waals surface area contributed by atoms with Gasteiger partial charge in [-0.1, -0.05) is 11.3 Å². The monoisotopic (exact) mass is 311 g/mol. The normalized spacial score (nSPS) is 18.9. The molecule has 1 aliphatic heterocycles. The number of likely N-dealkylation sites (N-methyl/N-ethyl adjacent to an activating group) is 1. The van der Waals surface area contributed by atoms with Crippen molar-refractivity contribution < 1.29 is 4.79 Å². The van der Waals surface area contributed by atoms with Gasteiger partial charge in [-0.15, -0.1) is 0 Å². The molecule has 0 saturated carbocycles. The predicted octanol–water partition coefficient (Wildman–Crippen LogP) is 1.40. The maximum Gasteiger partial charge on any atom is 0.265 e. The minimum atomic E-state index is -0.108. The lowest BCUT2D eigenvalue weighted by Crippen LogP contribution is -2.38. The molecule has 0 aliphatic carbocycles. The van der Waals surface area contributed by atoms with Crippen LogP contribution in [0.4, 0.5) is 10.9 Å². The summed E-state index contributed by atoms with van der Waals surface area (Å²) in [6.45, 7) is 7.63. The van der Waals surface area contributed by atoms with Gasteiger partial charge in [-0.05, 0) is 40.3 Å². The summed E-state index contributed by atoms with van der Waals surface area (Å²) < 4.78 is 0. The molecule has 1 aromatic rings. The minimum Gasteiger partial charge on any atom is -0.382 e. The lowest BCUT2D eigenvalue weighted by Gasteiger charge is -2.19. The Kier molecular flexibility index (Phi) is 5.41. The van der Waals surface area contributed by atoms with Gasteiger partial charge in [-0.2, -0.15) is 0 Å². The first-order valence-corrected chi connectivity index (χ1v) is 8.38. The SMILES string of the molecule is CCN(CC)c1nc(N)c(C(=O)NCC2CCCN2C)s1. The van der Waals surface area contributed by atoms with Crippen LogP contribution in [0.25, 0.3) is 0 Å². The van der Waals surface area contributed by atoms with Crippen LogP contribution in [0.1, 0.15) is 36.4 Å². The Balaban J connectivity index is 1.98. The molecular weight excluding hydrogens is 286 g/mol. The third-order valence-electron chi connectivity index (χ3n) is 4.05. The molecule has 2 heterocycles. The molecule has 6 nitrogen and oxygen atoms in total. The molecular formula is C14H25N5OS. The lowest BCUT2D eigenvalue weighted by atomic mass is 10.2. The first kappa shape index (κ1) is 16.0. The third kappa shape index (κ3) is 3.65. The smallest absolute Gasteiger partial charge is 0.265 e. The summed E-state index contributed by atoms with van der Waals surface area (Å²) in [4.78, 5) is 21.5. The summed E-state index contributed by atoms with van der Waals surface area (Å²) in [5.74, 6) is 0.225. The van der Waals surface area contributed by atoms with Crippen molar-refractivity contribution in [3.63, 3.8) is 0 Å². The van der Waals surface area contributed by atoms with E-state index in [9.17, 15) is 4.79 Å². The number of nitrogens with one attached hydrogen (secondary N) is 1. The average Bonchev–Trinajstić information content (AvgIpc) is 3.04. The summed E-state index contributed by atoms with van der Waals surface area (Å²) in [6, 6.07) is 0.436. The van der Waals surface area contributed by atoms with Gasteiger partial charge in [-0.3, -0.25) is 4.79 Å². The van der Waals surface area contributed by atoms with Gasteiger partial charge in [0.2, 0.25) is 0 Å². The van der Waals surface area contributed by atoms with Gasteiger partial charge in [0.15, 0.2) is 5.13 Å². The molecule has 118 valence electrons.